The average molecular weight is 370 g/mol. The lowest BCUT2D eigenvalue weighted by Gasteiger charge is -2.36. The van der Waals surface area contributed by atoms with E-state index in [1.54, 1.807) is 11.0 Å². The van der Waals surface area contributed by atoms with Crippen LogP contribution in [0.5, 0.6) is 0 Å². The lowest BCUT2D eigenvalue weighted by Crippen LogP contribution is -2.56. The van der Waals surface area contributed by atoms with Gasteiger partial charge < -0.3 is 15.0 Å². The molecule has 2 aliphatic rings. The molecule has 0 saturated carbocycles. The van der Waals surface area contributed by atoms with Gasteiger partial charge in [0, 0.05) is 37.7 Å². The van der Waals surface area contributed by atoms with E-state index in [0.717, 1.165) is 5.56 Å². The smallest absolute Gasteiger partial charge is 0.237 e. The predicted octanol–water partition coefficient (Wildman–Crippen LogP) is 1.03. The van der Waals surface area contributed by atoms with E-state index in [1.807, 2.05) is 4.90 Å². The van der Waals surface area contributed by atoms with Crippen molar-refractivity contribution in [3.05, 3.63) is 34.6 Å². The standard InChI is InChI=1S/C17H21ClFN3O3/c18-14-9-13(19)2-1-12(14)11-22-4-3-20-17(24)15(22)10-16(23)21-5-7-25-8-6-21/h1-2,9,15H,3-8,10-11H2,(H,20,24)/t15-/m0/s1. The highest BCUT2D eigenvalue weighted by Gasteiger charge is 2.33. The summed E-state index contributed by atoms with van der Waals surface area (Å²) in [4.78, 5) is 28.5. The summed E-state index contributed by atoms with van der Waals surface area (Å²) in [5.74, 6) is -0.615. The third kappa shape index (κ3) is 4.48. The van der Waals surface area contributed by atoms with E-state index >= 15 is 0 Å². The summed E-state index contributed by atoms with van der Waals surface area (Å²) >= 11 is 6.10. The normalized spacial score (nSPS) is 21.9. The van der Waals surface area contributed by atoms with Crippen molar-refractivity contribution in [3.8, 4) is 0 Å². The second-order valence-corrected chi connectivity index (χ2v) is 6.62. The topological polar surface area (TPSA) is 61.9 Å². The van der Waals surface area contributed by atoms with Gasteiger partial charge in [-0.3, -0.25) is 14.5 Å². The van der Waals surface area contributed by atoms with Crippen molar-refractivity contribution in [1.29, 1.82) is 0 Å². The first-order valence-corrected chi connectivity index (χ1v) is 8.73. The van der Waals surface area contributed by atoms with Gasteiger partial charge in [-0.1, -0.05) is 17.7 Å². The van der Waals surface area contributed by atoms with Gasteiger partial charge in [-0.25, -0.2) is 4.39 Å². The zero-order valence-corrected chi connectivity index (χ0v) is 14.6. The number of ether oxygens (including phenoxy) is 1. The van der Waals surface area contributed by atoms with Crippen molar-refractivity contribution in [2.24, 2.45) is 0 Å². The van der Waals surface area contributed by atoms with Gasteiger partial charge in [0.05, 0.1) is 25.7 Å². The highest BCUT2D eigenvalue weighted by molar-refractivity contribution is 6.31. The Labute approximate surface area is 150 Å². The Hall–Kier alpha value is -1.70. The molecule has 2 amide bonds. The van der Waals surface area contributed by atoms with Crippen LogP contribution in [-0.2, 0) is 20.9 Å². The molecule has 2 heterocycles. The molecule has 0 radical (unpaired) electrons. The molecule has 2 saturated heterocycles. The van der Waals surface area contributed by atoms with Crippen LogP contribution in [0, 0.1) is 5.82 Å². The fourth-order valence-corrected chi connectivity index (χ4v) is 3.38. The molecule has 2 fully saturated rings. The van der Waals surface area contributed by atoms with Crippen LogP contribution >= 0.6 is 11.6 Å². The van der Waals surface area contributed by atoms with E-state index < -0.39 is 11.9 Å². The van der Waals surface area contributed by atoms with Crippen LogP contribution in [0.1, 0.15) is 12.0 Å². The largest absolute Gasteiger partial charge is 0.378 e. The van der Waals surface area contributed by atoms with Gasteiger partial charge in [0.1, 0.15) is 5.82 Å². The Bertz CT molecular complexity index is 652. The number of halogens is 2. The van der Waals surface area contributed by atoms with Crippen molar-refractivity contribution < 1.29 is 18.7 Å². The van der Waals surface area contributed by atoms with Gasteiger partial charge >= 0.3 is 0 Å². The first-order valence-electron chi connectivity index (χ1n) is 8.36. The van der Waals surface area contributed by atoms with Crippen LogP contribution in [-0.4, -0.2) is 67.0 Å². The number of hydrogen-bond acceptors (Lipinski definition) is 4. The summed E-state index contributed by atoms with van der Waals surface area (Å²) in [6.45, 7) is 3.68. The average Bonchev–Trinajstić information content (AvgIpc) is 2.61. The Morgan fingerprint density at radius 3 is 2.80 bits per heavy atom. The summed E-state index contributed by atoms with van der Waals surface area (Å²) in [6, 6.07) is 3.67. The van der Waals surface area contributed by atoms with Crippen LogP contribution < -0.4 is 5.32 Å². The molecule has 1 atom stereocenters. The Kier molecular flexibility index (Phi) is 5.88. The van der Waals surface area contributed by atoms with E-state index in [2.05, 4.69) is 5.32 Å². The molecule has 1 aromatic rings. The second kappa shape index (κ2) is 8.12. The van der Waals surface area contributed by atoms with Gasteiger partial charge in [-0.15, -0.1) is 0 Å². The highest BCUT2D eigenvalue weighted by Crippen LogP contribution is 2.22. The first-order chi connectivity index (χ1) is 12.0. The number of morpholine rings is 1. The Balaban J connectivity index is 1.70. The maximum absolute atomic E-state index is 13.2. The molecule has 2 aliphatic heterocycles. The number of amides is 2. The monoisotopic (exact) mass is 369 g/mol. The number of carbonyl (C=O) groups is 2. The minimum absolute atomic E-state index is 0.0550. The molecular weight excluding hydrogens is 349 g/mol. The fraction of sp³-hybridized carbons (Fsp3) is 0.529. The predicted molar refractivity (Wildman–Crippen MR) is 90.6 cm³/mol. The van der Waals surface area contributed by atoms with Crippen molar-refractivity contribution >= 4 is 23.4 Å². The number of piperazine rings is 1. The summed E-state index contributed by atoms with van der Waals surface area (Å²) in [7, 11) is 0. The molecule has 3 rings (SSSR count). The van der Waals surface area contributed by atoms with Gasteiger partial charge in [0.25, 0.3) is 0 Å². The SMILES string of the molecule is O=C1NCCN(Cc2ccc(F)cc2Cl)[C@H]1CC(=O)N1CCOCC1. The third-order valence-electron chi connectivity index (χ3n) is 4.56. The number of benzene rings is 1. The third-order valence-corrected chi connectivity index (χ3v) is 4.91. The second-order valence-electron chi connectivity index (χ2n) is 6.21. The Morgan fingerprint density at radius 1 is 1.32 bits per heavy atom. The van der Waals surface area contributed by atoms with E-state index in [4.69, 9.17) is 16.3 Å². The molecule has 6 nitrogen and oxygen atoms in total. The number of carbonyl (C=O) groups excluding carboxylic acids is 2. The molecule has 8 heteroatoms. The van der Waals surface area contributed by atoms with Gasteiger partial charge in [0.15, 0.2) is 0 Å². The summed E-state index contributed by atoms with van der Waals surface area (Å²) < 4.78 is 18.5. The van der Waals surface area contributed by atoms with Gasteiger partial charge in [0.2, 0.25) is 11.8 Å². The number of rotatable bonds is 4. The first kappa shape index (κ1) is 18.1. The highest BCUT2D eigenvalue weighted by atomic mass is 35.5. The van der Waals surface area contributed by atoms with Crippen molar-refractivity contribution in [2.45, 2.75) is 19.0 Å². The summed E-state index contributed by atoms with van der Waals surface area (Å²) in [6.07, 6.45) is 0.116. The Morgan fingerprint density at radius 2 is 2.08 bits per heavy atom. The van der Waals surface area contributed by atoms with Crippen LogP contribution in [0.4, 0.5) is 4.39 Å². The quantitative estimate of drug-likeness (QED) is 0.861. The van der Waals surface area contributed by atoms with Gasteiger partial charge in [-0.05, 0) is 17.7 Å². The molecule has 0 spiro atoms. The molecular formula is C17H21ClFN3O3. The summed E-state index contributed by atoms with van der Waals surface area (Å²) in [5, 5.41) is 3.13. The molecule has 1 aromatic carbocycles. The molecule has 0 aromatic heterocycles. The molecule has 136 valence electrons. The van der Waals surface area contributed by atoms with E-state index in [0.29, 0.717) is 51.0 Å². The number of hydrogen-bond donors (Lipinski definition) is 1. The molecule has 0 unspecified atom stereocenters. The minimum atomic E-state index is -0.551. The lowest BCUT2D eigenvalue weighted by molar-refractivity contribution is -0.141. The molecule has 1 N–H and O–H groups in total. The van der Waals surface area contributed by atoms with Gasteiger partial charge in [-0.2, -0.15) is 0 Å². The van der Waals surface area contributed by atoms with E-state index in [1.165, 1.54) is 12.1 Å². The van der Waals surface area contributed by atoms with Crippen molar-refractivity contribution in [2.75, 3.05) is 39.4 Å². The van der Waals surface area contributed by atoms with Crippen LogP contribution in [0.15, 0.2) is 18.2 Å². The fourth-order valence-electron chi connectivity index (χ4n) is 3.15. The number of nitrogens with zero attached hydrogens (tertiary/aromatic N) is 2. The molecule has 0 aliphatic carbocycles. The van der Waals surface area contributed by atoms with Crippen LogP contribution in [0.3, 0.4) is 0 Å². The zero-order valence-electron chi connectivity index (χ0n) is 13.8. The summed E-state index contributed by atoms with van der Waals surface area (Å²) in [5.41, 5.74) is 0.738. The van der Waals surface area contributed by atoms with E-state index in [-0.39, 0.29) is 18.2 Å². The van der Waals surface area contributed by atoms with E-state index in [9.17, 15) is 14.0 Å². The zero-order chi connectivity index (χ0) is 17.8. The molecule has 25 heavy (non-hydrogen) atoms. The maximum Gasteiger partial charge on any atom is 0.237 e. The maximum atomic E-state index is 13.2. The van der Waals surface area contributed by atoms with Crippen molar-refractivity contribution in [3.63, 3.8) is 0 Å². The van der Waals surface area contributed by atoms with Crippen LogP contribution in [0.2, 0.25) is 5.02 Å². The lowest BCUT2D eigenvalue weighted by atomic mass is 10.1. The minimum Gasteiger partial charge on any atom is -0.378 e. The van der Waals surface area contributed by atoms with Crippen molar-refractivity contribution in [1.82, 2.24) is 15.1 Å². The molecule has 0 bridgehead atoms. The van der Waals surface area contributed by atoms with Crippen LogP contribution in [0.25, 0.3) is 0 Å². The number of nitrogens with one attached hydrogen (secondary N) is 1.